The lowest BCUT2D eigenvalue weighted by molar-refractivity contribution is 0.491. The first-order valence-corrected chi connectivity index (χ1v) is 13.3. The first-order valence-electron chi connectivity index (χ1n) is 13.3. The second kappa shape index (κ2) is 6.70. The highest BCUT2D eigenvalue weighted by Gasteiger charge is 2.43. The van der Waals surface area contributed by atoms with E-state index in [4.69, 9.17) is 9.15 Å². The van der Waals surface area contributed by atoms with Crippen LogP contribution in [0.15, 0.2) is 95.4 Å². The Labute approximate surface area is 220 Å². The molecule has 0 N–H and O–H groups in total. The molecule has 0 amide bonds. The minimum atomic E-state index is 0.00131. The number of ether oxygens (including phenoxy) is 1. The lowest BCUT2D eigenvalue weighted by atomic mass is 9.45. The fourth-order valence-corrected chi connectivity index (χ4v) is 6.86. The summed E-state index contributed by atoms with van der Waals surface area (Å²) in [5.41, 5.74) is 10.5. The SMILES string of the molecule is CC(C)(C)c1ccc2c(c1)B1c3c(cc4oc5ccccc5c4c3O2)-c2cccc3c4ccccc4n1c23. The molecule has 5 aromatic carbocycles. The molecular formula is C34H24BNO2. The van der Waals surface area contributed by atoms with E-state index in [2.05, 4.69) is 104 Å². The smallest absolute Gasteiger partial charge is 0.336 e. The van der Waals surface area contributed by atoms with Crippen LogP contribution in [-0.4, -0.2) is 11.3 Å². The molecule has 0 bridgehead atoms. The molecule has 7 aromatic rings. The van der Waals surface area contributed by atoms with Gasteiger partial charge in [-0.3, -0.25) is 0 Å². The first-order chi connectivity index (χ1) is 18.5. The molecule has 0 unspecified atom stereocenters. The summed E-state index contributed by atoms with van der Waals surface area (Å²) in [5.74, 6) is 1.84. The molecule has 2 aliphatic rings. The van der Waals surface area contributed by atoms with Crippen LogP contribution >= 0.6 is 0 Å². The Hall–Kier alpha value is -4.44. The Kier molecular flexibility index (Phi) is 3.64. The number of hydrogen-bond donors (Lipinski definition) is 0. The van der Waals surface area contributed by atoms with Crippen molar-refractivity contribution in [1.82, 2.24) is 4.48 Å². The van der Waals surface area contributed by atoms with Crippen LogP contribution in [0.4, 0.5) is 0 Å². The molecule has 0 fully saturated rings. The van der Waals surface area contributed by atoms with E-state index in [1.807, 2.05) is 12.1 Å². The van der Waals surface area contributed by atoms with Crippen molar-refractivity contribution in [3.8, 4) is 22.6 Å². The van der Waals surface area contributed by atoms with E-state index in [1.165, 1.54) is 49.4 Å². The molecule has 0 spiro atoms. The maximum absolute atomic E-state index is 6.90. The standard InChI is InChI=1S/C34H24BNO2/c1-34(2,3)19-15-16-28-25(17-19)35-31-24(18-29-30(33(31)38-28)23-10-5-7-14-27(23)37-29)22-12-8-11-21-20-9-4-6-13-26(20)36(35)32(21)22/h4-18H,1-3H3. The van der Waals surface area contributed by atoms with Crippen molar-refractivity contribution in [2.24, 2.45) is 0 Å². The molecule has 0 atom stereocenters. The summed E-state index contributed by atoms with van der Waals surface area (Å²) in [6.07, 6.45) is 0. The van der Waals surface area contributed by atoms with Crippen LogP contribution in [0.1, 0.15) is 26.3 Å². The quantitative estimate of drug-likeness (QED) is 0.204. The van der Waals surface area contributed by atoms with E-state index in [0.29, 0.717) is 0 Å². The van der Waals surface area contributed by atoms with Gasteiger partial charge in [-0.1, -0.05) is 87.5 Å². The second-order valence-corrected chi connectivity index (χ2v) is 11.7. The largest absolute Gasteiger partial charge is 0.457 e. The third-order valence-electron chi connectivity index (χ3n) is 8.59. The normalized spacial score (nSPS) is 13.8. The Morgan fingerprint density at radius 3 is 2.37 bits per heavy atom. The lowest BCUT2D eigenvalue weighted by Gasteiger charge is -2.34. The number of aromatic nitrogens is 1. The molecule has 0 saturated heterocycles. The zero-order valence-electron chi connectivity index (χ0n) is 21.5. The minimum absolute atomic E-state index is 0.00131. The molecule has 3 nitrogen and oxygen atoms in total. The number of fused-ring (bicyclic) bond motifs is 11. The first kappa shape index (κ1) is 20.6. The Morgan fingerprint density at radius 1 is 0.711 bits per heavy atom. The van der Waals surface area contributed by atoms with Gasteiger partial charge in [-0.15, -0.1) is 0 Å². The maximum atomic E-state index is 6.90. The van der Waals surface area contributed by atoms with E-state index in [-0.39, 0.29) is 12.3 Å². The van der Waals surface area contributed by atoms with Gasteiger partial charge in [0.15, 0.2) is 0 Å². The fourth-order valence-electron chi connectivity index (χ4n) is 6.86. The van der Waals surface area contributed by atoms with Crippen molar-refractivity contribution < 1.29 is 9.15 Å². The lowest BCUT2D eigenvalue weighted by Crippen LogP contribution is -2.54. The van der Waals surface area contributed by atoms with Gasteiger partial charge in [-0.2, -0.15) is 0 Å². The highest BCUT2D eigenvalue weighted by atomic mass is 16.5. The van der Waals surface area contributed by atoms with Crippen LogP contribution in [0, 0.1) is 0 Å². The maximum Gasteiger partial charge on any atom is 0.336 e. The minimum Gasteiger partial charge on any atom is -0.457 e. The number of rotatable bonds is 0. The van der Waals surface area contributed by atoms with Crippen molar-refractivity contribution in [1.29, 1.82) is 0 Å². The summed E-state index contributed by atoms with van der Waals surface area (Å²) in [5, 5.41) is 4.72. The predicted octanol–water partition coefficient (Wildman–Crippen LogP) is 7.73. The average Bonchev–Trinajstić information content (AvgIpc) is 3.46. The number of para-hydroxylation sites is 3. The van der Waals surface area contributed by atoms with E-state index in [1.54, 1.807) is 0 Å². The third kappa shape index (κ3) is 2.41. The van der Waals surface area contributed by atoms with Gasteiger partial charge in [0.25, 0.3) is 0 Å². The van der Waals surface area contributed by atoms with Gasteiger partial charge in [0.2, 0.25) is 0 Å². The number of benzene rings is 5. The third-order valence-corrected chi connectivity index (χ3v) is 8.59. The van der Waals surface area contributed by atoms with Gasteiger partial charge in [0, 0.05) is 38.2 Å². The van der Waals surface area contributed by atoms with E-state index in [0.717, 1.165) is 33.4 Å². The highest BCUT2D eigenvalue weighted by Crippen LogP contribution is 2.47. The summed E-state index contributed by atoms with van der Waals surface area (Å²) in [4.78, 5) is 0. The van der Waals surface area contributed by atoms with Crippen LogP contribution in [0.2, 0.25) is 0 Å². The second-order valence-electron chi connectivity index (χ2n) is 11.7. The topological polar surface area (TPSA) is 27.3 Å². The molecule has 0 radical (unpaired) electrons. The number of nitrogens with zero attached hydrogens (tertiary/aromatic N) is 1. The molecule has 4 heteroatoms. The molecule has 9 rings (SSSR count). The zero-order valence-corrected chi connectivity index (χ0v) is 21.5. The zero-order chi connectivity index (χ0) is 25.3. The Bertz CT molecular complexity index is 2160. The van der Waals surface area contributed by atoms with Crippen LogP contribution in [0.5, 0.6) is 11.5 Å². The molecule has 2 aliphatic heterocycles. The molecular weight excluding hydrogens is 465 g/mol. The van der Waals surface area contributed by atoms with E-state index in [9.17, 15) is 0 Å². The van der Waals surface area contributed by atoms with Gasteiger partial charge in [0.05, 0.1) is 5.39 Å². The number of furan rings is 1. The van der Waals surface area contributed by atoms with Gasteiger partial charge in [-0.25, -0.2) is 0 Å². The average molecular weight is 489 g/mol. The Morgan fingerprint density at radius 2 is 1.50 bits per heavy atom. The van der Waals surface area contributed by atoms with Crippen LogP contribution in [0.3, 0.4) is 0 Å². The fraction of sp³-hybridized carbons (Fsp3) is 0.118. The molecule has 0 aliphatic carbocycles. The summed E-state index contributed by atoms with van der Waals surface area (Å²) >= 11 is 0. The van der Waals surface area contributed by atoms with Crippen molar-refractivity contribution >= 4 is 61.5 Å². The summed E-state index contributed by atoms with van der Waals surface area (Å²) in [7, 11) is 0. The monoisotopic (exact) mass is 489 g/mol. The van der Waals surface area contributed by atoms with Gasteiger partial charge >= 0.3 is 6.85 Å². The van der Waals surface area contributed by atoms with E-state index >= 15 is 0 Å². The Balaban J connectivity index is 1.52. The van der Waals surface area contributed by atoms with Crippen LogP contribution in [0.25, 0.3) is 54.9 Å². The van der Waals surface area contributed by atoms with Crippen molar-refractivity contribution in [3.63, 3.8) is 0 Å². The molecule has 180 valence electrons. The summed E-state index contributed by atoms with van der Waals surface area (Å²) < 4.78 is 15.9. The highest BCUT2D eigenvalue weighted by molar-refractivity contribution is 6.89. The van der Waals surface area contributed by atoms with E-state index < -0.39 is 0 Å². The molecule has 2 aromatic heterocycles. The summed E-state index contributed by atoms with van der Waals surface area (Å²) in [6, 6.07) is 32.8. The van der Waals surface area contributed by atoms with Gasteiger partial charge in [-0.05, 0) is 46.3 Å². The van der Waals surface area contributed by atoms with Crippen LogP contribution in [-0.2, 0) is 5.41 Å². The van der Waals surface area contributed by atoms with Crippen LogP contribution < -0.4 is 15.7 Å². The van der Waals surface area contributed by atoms with Crippen molar-refractivity contribution in [2.45, 2.75) is 26.2 Å². The summed E-state index contributed by atoms with van der Waals surface area (Å²) in [6.45, 7) is 6.83. The molecule has 4 heterocycles. The van der Waals surface area contributed by atoms with Gasteiger partial charge in [0.1, 0.15) is 22.7 Å². The van der Waals surface area contributed by atoms with Crippen molar-refractivity contribution in [2.75, 3.05) is 0 Å². The molecule has 0 saturated carbocycles. The molecule has 38 heavy (non-hydrogen) atoms. The van der Waals surface area contributed by atoms with Crippen molar-refractivity contribution in [3.05, 3.63) is 96.6 Å². The van der Waals surface area contributed by atoms with Gasteiger partial charge < -0.3 is 13.6 Å². The number of hydrogen-bond acceptors (Lipinski definition) is 2. The predicted molar refractivity (Wildman–Crippen MR) is 158 cm³/mol.